The number of hydrogen-bond acceptors (Lipinski definition) is 3. The van der Waals surface area contributed by atoms with Crippen molar-refractivity contribution in [2.45, 2.75) is 20.3 Å². The minimum Gasteiger partial charge on any atom is -0.353 e. The maximum absolute atomic E-state index is 12.5. The summed E-state index contributed by atoms with van der Waals surface area (Å²) in [5.41, 5.74) is 3.62. The number of rotatable bonds is 3. The topological polar surface area (TPSA) is 36.4 Å². The molecule has 1 saturated heterocycles. The number of anilines is 1. The van der Waals surface area contributed by atoms with Gasteiger partial charge in [0.15, 0.2) is 0 Å². The number of hydrogen-bond donors (Lipinski definition) is 0. The molecule has 0 atom stereocenters. The first kappa shape index (κ1) is 15.5. The van der Waals surface area contributed by atoms with Crippen molar-refractivity contribution in [1.29, 1.82) is 0 Å². The van der Waals surface area contributed by atoms with Crippen LogP contribution in [0.25, 0.3) is 0 Å². The molecule has 120 valence electrons. The quantitative estimate of drug-likeness (QED) is 0.874. The fraction of sp³-hybridized carbons (Fsp3) is 0.368. The molecule has 0 bridgehead atoms. The van der Waals surface area contributed by atoms with Crippen LogP contribution >= 0.6 is 0 Å². The molecule has 4 heteroatoms. The Hall–Kier alpha value is -2.36. The van der Waals surface area contributed by atoms with Gasteiger partial charge in [-0.3, -0.25) is 4.79 Å². The van der Waals surface area contributed by atoms with E-state index in [9.17, 15) is 4.79 Å². The van der Waals surface area contributed by atoms with E-state index in [1.54, 1.807) is 0 Å². The van der Waals surface area contributed by atoms with Gasteiger partial charge in [0.1, 0.15) is 5.82 Å². The highest BCUT2D eigenvalue weighted by molar-refractivity contribution is 5.79. The van der Waals surface area contributed by atoms with Gasteiger partial charge in [-0.05, 0) is 42.7 Å². The number of benzene rings is 1. The first-order valence-electron chi connectivity index (χ1n) is 8.13. The highest BCUT2D eigenvalue weighted by atomic mass is 16.2. The Morgan fingerprint density at radius 2 is 1.83 bits per heavy atom. The number of carbonyl (C=O) groups is 1. The van der Waals surface area contributed by atoms with Gasteiger partial charge in [0.05, 0.1) is 6.42 Å². The second kappa shape index (κ2) is 6.82. The Labute approximate surface area is 137 Å². The summed E-state index contributed by atoms with van der Waals surface area (Å²) in [5.74, 6) is 1.21. The summed E-state index contributed by atoms with van der Waals surface area (Å²) in [6.45, 7) is 7.40. The number of nitrogens with zero attached hydrogens (tertiary/aromatic N) is 3. The Kier molecular flexibility index (Phi) is 4.60. The van der Waals surface area contributed by atoms with Gasteiger partial charge in [-0.1, -0.05) is 24.3 Å². The summed E-state index contributed by atoms with van der Waals surface area (Å²) in [7, 11) is 0. The van der Waals surface area contributed by atoms with E-state index < -0.39 is 0 Å². The van der Waals surface area contributed by atoms with Crippen LogP contribution in [0.1, 0.15) is 16.7 Å². The van der Waals surface area contributed by atoms with Crippen LogP contribution in [0.5, 0.6) is 0 Å². The third kappa shape index (κ3) is 3.70. The molecule has 23 heavy (non-hydrogen) atoms. The molecular weight excluding hydrogens is 286 g/mol. The van der Waals surface area contributed by atoms with E-state index in [2.05, 4.69) is 41.9 Å². The number of aromatic nitrogens is 1. The predicted octanol–water partition coefficient (Wildman–Crippen LogP) is 2.59. The molecule has 3 rings (SSSR count). The minimum absolute atomic E-state index is 0.217. The van der Waals surface area contributed by atoms with Gasteiger partial charge < -0.3 is 9.80 Å². The van der Waals surface area contributed by atoms with Crippen LogP contribution in [-0.4, -0.2) is 42.0 Å². The van der Waals surface area contributed by atoms with Crippen LogP contribution < -0.4 is 4.90 Å². The van der Waals surface area contributed by atoms with E-state index in [-0.39, 0.29) is 5.91 Å². The molecule has 0 unspecified atom stereocenters. The zero-order chi connectivity index (χ0) is 16.2. The Morgan fingerprint density at radius 3 is 2.48 bits per heavy atom. The van der Waals surface area contributed by atoms with E-state index >= 15 is 0 Å². The molecule has 2 heterocycles. The van der Waals surface area contributed by atoms with E-state index in [1.165, 1.54) is 11.1 Å². The van der Waals surface area contributed by atoms with Crippen LogP contribution in [0, 0.1) is 13.8 Å². The van der Waals surface area contributed by atoms with Gasteiger partial charge in [-0.25, -0.2) is 4.98 Å². The standard InChI is InChI=1S/C19H23N3O/c1-15-6-7-17(13-16(15)2)14-19(23)22-11-9-21(10-12-22)18-5-3-4-8-20-18/h3-8,13H,9-12,14H2,1-2H3. The Bertz CT molecular complexity index is 676. The van der Waals surface area contributed by atoms with Crippen LogP contribution in [-0.2, 0) is 11.2 Å². The van der Waals surface area contributed by atoms with Crippen molar-refractivity contribution in [3.05, 3.63) is 59.3 Å². The summed E-state index contributed by atoms with van der Waals surface area (Å²) in [6, 6.07) is 12.2. The number of pyridine rings is 1. The van der Waals surface area contributed by atoms with Crippen molar-refractivity contribution in [2.75, 3.05) is 31.1 Å². The summed E-state index contributed by atoms with van der Waals surface area (Å²) >= 11 is 0. The average Bonchev–Trinajstić information content (AvgIpc) is 2.59. The molecule has 0 saturated carbocycles. The lowest BCUT2D eigenvalue weighted by molar-refractivity contribution is -0.130. The molecule has 2 aromatic rings. The van der Waals surface area contributed by atoms with Gasteiger partial charge >= 0.3 is 0 Å². The van der Waals surface area contributed by atoms with E-state index in [1.807, 2.05) is 29.3 Å². The molecule has 4 nitrogen and oxygen atoms in total. The fourth-order valence-electron chi connectivity index (χ4n) is 2.93. The smallest absolute Gasteiger partial charge is 0.227 e. The molecule has 1 aliphatic rings. The van der Waals surface area contributed by atoms with Crippen LogP contribution in [0.4, 0.5) is 5.82 Å². The molecule has 1 aromatic carbocycles. The number of amides is 1. The van der Waals surface area contributed by atoms with Gasteiger partial charge in [0.2, 0.25) is 5.91 Å². The summed E-state index contributed by atoms with van der Waals surface area (Å²) in [5, 5.41) is 0. The van der Waals surface area contributed by atoms with Crippen molar-refractivity contribution in [3.63, 3.8) is 0 Å². The second-order valence-corrected chi connectivity index (χ2v) is 6.15. The molecule has 0 spiro atoms. The van der Waals surface area contributed by atoms with Crippen molar-refractivity contribution in [1.82, 2.24) is 9.88 Å². The monoisotopic (exact) mass is 309 g/mol. The van der Waals surface area contributed by atoms with Gasteiger partial charge in [-0.15, -0.1) is 0 Å². The van der Waals surface area contributed by atoms with E-state index in [4.69, 9.17) is 0 Å². The van der Waals surface area contributed by atoms with E-state index in [0.29, 0.717) is 6.42 Å². The summed E-state index contributed by atoms with van der Waals surface area (Å²) in [6.07, 6.45) is 2.30. The second-order valence-electron chi connectivity index (χ2n) is 6.15. The first-order valence-corrected chi connectivity index (χ1v) is 8.13. The third-order valence-corrected chi connectivity index (χ3v) is 4.53. The summed E-state index contributed by atoms with van der Waals surface area (Å²) < 4.78 is 0. The fourth-order valence-corrected chi connectivity index (χ4v) is 2.93. The zero-order valence-corrected chi connectivity index (χ0v) is 13.8. The van der Waals surface area contributed by atoms with Crippen LogP contribution in [0.3, 0.4) is 0 Å². The molecule has 0 N–H and O–H groups in total. The molecule has 1 fully saturated rings. The normalized spacial score (nSPS) is 14.9. The van der Waals surface area contributed by atoms with E-state index in [0.717, 1.165) is 37.6 Å². The minimum atomic E-state index is 0.217. The SMILES string of the molecule is Cc1ccc(CC(=O)N2CCN(c3ccccn3)CC2)cc1C. The van der Waals surface area contributed by atoms with Crippen molar-refractivity contribution in [2.24, 2.45) is 0 Å². The predicted molar refractivity (Wildman–Crippen MR) is 92.7 cm³/mol. The van der Waals surface area contributed by atoms with Gasteiger partial charge in [0.25, 0.3) is 0 Å². The molecule has 1 aliphatic heterocycles. The van der Waals surface area contributed by atoms with Crippen molar-refractivity contribution in [3.8, 4) is 0 Å². The summed E-state index contributed by atoms with van der Waals surface area (Å²) in [4.78, 5) is 21.1. The Morgan fingerprint density at radius 1 is 1.04 bits per heavy atom. The van der Waals surface area contributed by atoms with Gasteiger partial charge in [-0.2, -0.15) is 0 Å². The average molecular weight is 309 g/mol. The Balaban J connectivity index is 1.57. The largest absolute Gasteiger partial charge is 0.353 e. The highest BCUT2D eigenvalue weighted by Gasteiger charge is 2.21. The van der Waals surface area contributed by atoms with Crippen LogP contribution in [0.2, 0.25) is 0 Å². The lowest BCUT2D eigenvalue weighted by Gasteiger charge is -2.35. The van der Waals surface area contributed by atoms with Crippen molar-refractivity contribution < 1.29 is 4.79 Å². The molecule has 1 aromatic heterocycles. The van der Waals surface area contributed by atoms with Crippen LogP contribution in [0.15, 0.2) is 42.6 Å². The number of aryl methyl sites for hydroxylation is 2. The maximum atomic E-state index is 12.5. The molecule has 0 radical (unpaired) electrons. The lowest BCUT2D eigenvalue weighted by Crippen LogP contribution is -2.49. The van der Waals surface area contributed by atoms with Crippen molar-refractivity contribution >= 4 is 11.7 Å². The number of piperazine rings is 1. The maximum Gasteiger partial charge on any atom is 0.227 e. The zero-order valence-electron chi connectivity index (χ0n) is 13.8. The molecular formula is C19H23N3O. The first-order chi connectivity index (χ1) is 11.1. The molecule has 0 aliphatic carbocycles. The third-order valence-electron chi connectivity index (χ3n) is 4.53. The van der Waals surface area contributed by atoms with Gasteiger partial charge in [0, 0.05) is 32.4 Å². The lowest BCUT2D eigenvalue weighted by atomic mass is 10.0. The number of carbonyl (C=O) groups excluding carboxylic acids is 1. The highest BCUT2D eigenvalue weighted by Crippen LogP contribution is 2.15. The molecule has 1 amide bonds.